The summed E-state index contributed by atoms with van der Waals surface area (Å²) in [6.07, 6.45) is 5.55. The average Bonchev–Trinajstić information content (AvgIpc) is 3.33. The summed E-state index contributed by atoms with van der Waals surface area (Å²) in [7, 11) is -5.97. The van der Waals surface area contributed by atoms with Crippen LogP contribution in [0.2, 0.25) is 0 Å². The van der Waals surface area contributed by atoms with Crippen molar-refractivity contribution in [1.82, 2.24) is 18.8 Å². The number of fused-ring (bicyclic) bond motifs is 1. The fraction of sp³-hybridized carbons (Fsp3) is 0.391. The van der Waals surface area contributed by atoms with Gasteiger partial charge in [0.25, 0.3) is 15.7 Å². The third kappa shape index (κ3) is 6.03. The molecule has 2 aromatic heterocycles. The Morgan fingerprint density at radius 3 is 2.46 bits per heavy atom. The number of hydrazone groups is 1. The second kappa shape index (κ2) is 11.3. The molecule has 1 aromatic carbocycles. The van der Waals surface area contributed by atoms with Crippen LogP contribution in [0.3, 0.4) is 0 Å². The van der Waals surface area contributed by atoms with E-state index in [1.165, 1.54) is 39.6 Å². The van der Waals surface area contributed by atoms with Crippen LogP contribution in [0.15, 0.2) is 58.8 Å². The van der Waals surface area contributed by atoms with Gasteiger partial charge in [0, 0.05) is 70.9 Å². The Labute approximate surface area is 227 Å². The molecular weight excluding hydrogens is 548 g/mol. The van der Waals surface area contributed by atoms with Gasteiger partial charge in [0.1, 0.15) is 10.6 Å². The first-order valence-electron chi connectivity index (χ1n) is 12.1. The lowest BCUT2D eigenvalue weighted by molar-refractivity contribution is -0.385. The molecule has 3 heterocycles. The molecule has 4 rings (SSSR count). The van der Waals surface area contributed by atoms with Gasteiger partial charge in [0.15, 0.2) is 0 Å². The molecule has 39 heavy (non-hydrogen) atoms. The summed E-state index contributed by atoms with van der Waals surface area (Å²) in [4.78, 5) is 14.5. The number of aromatic nitrogens is 2. The topological polar surface area (TPSA) is 154 Å². The number of sulfonamides is 2. The number of nitrogens with zero attached hydrogens (tertiary/aromatic N) is 8. The summed E-state index contributed by atoms with van der Waals surface area (Å²) >= 11 is 0. The lowest BCUT2D eigenvalue weighted by atomic mass is 10.2. The minimum Gasteiger partial charge on any atom is -0.372 e. The zero-order chi connectivity index (χ0) is 28.4. The molecule has 0 amide bonds. The minimum atomic E-state index is -4.43. The molecular formula is C23H30N8O6S2. The minimum absolute atomic E-state index is 0.192. The van der Waals surface area contributed by atoms with Gasteiger partial charge < -0.3 is 4.90 Å². The summed E-state index contributed by atoms with van der Waals surface area (Å²) in [5, 5.41) is 19.9. The number of hydrogen-bond acceptors (Lipinski definition) is 10. The van der Waals surface area contributed by atoms with Gasteiger partial charge in [-0.1, -0.05) is 6.07 Å². The van der Waals surface area contributed by atoms with E-state index in [2.05, 4.69) is 15.1 Å². The third-order valence-electron chi connectivity index (χ3n) is 6.46. The van der Waals surface area contributed by atoms with Crippen molar-refractivity contribution >= 4 is 48.8 Å². The highest BCUT2D eigenvalue weighted by Gasteiger charge is 2.32. The van der Waals surface area contributed by atoms with Crippen molar-refractivity contribution in [3.05, 3.63) is 58.9 Å². The maximum absolute atomic E-state index is 14.1. The van der Waals surface area contributed by atoms with Crippen molar-refractivity contribution in [3.63, 3.8) is 0 Å². The summed E-state index contributed by atoms with van der Waals surface area (Å²) in [6.45, 7) is 4.34. The quantitative estimate of drug-likeness (QED) is 0.198. The maximum atomic E-state index is 14.1. The Balaban J connectivity index is 1.65. The number of likely N-dealkylation sites (N-methyl/N-ethyl adjacent to an activating group) is 1. The van der Waals surface area contributed by atoms with Crippen LogP contribution in [0.25, 0.3) is 5.52 Å². The molecule has 1 fully saturated rings. The van der Waals surface area contributed by atoms with E-state index in [0.29, 0.717) is 44.8 Å². The molecule has 16 heteroatoms. The highest BCUT2D eigenvalue weighted by Crippen LogP contribution is 2.35. The van der Waals surface area contributed by atoms with E-state index in [1.807, 2.05) is 0 Å². The van der Waals surface area contributed by atoms with Gasteiger partial charge in [0.2, 0.25) is 10.0 Å². The lowest BCUT2D eigenvalue weighted by Crippen LogP contribution is -2.49. The van der Waals surface area contributed by atoms with E-state index in [-0.39, 0.29) is 22.0 Å². The lowest BCUT2D eigenvalue weighted by Gasteiger charge is -2.34. The molecule has 3 aromatic rings. The van der Waals surface area contributed by atoms with Gasteiger partial charge >= 0.3 is 0 Å². The van der Waals surface area contributed by atoms with Gasteiger partial charge in [-0.2, -0.15) is 27.3 Å². The Morgan fingerprint density at radius 2 is 1.82 bits per heavy atom. The van der Waals surface area contributed by atoms with Crippen LogP contribution in [-0.2, 0) is 20.0 Å². The molecule has 0 atom stereocenters. The standard InChI is InChI=1S/C23H30N8O6S2/c1-4-24-30(22-18-25-29-10-6-5-7-20(22)29)39(36,37)23-17-19(31(32)33)8-9-21(23)26(2)11-12-27-13-15-28(16-14-27)38(3,34)35/h4-10,17-18H,11-16H2,1-3H3. The van der Waals surface area contributed by atoms with E-state index in [1.54, 1.807) is 43.3 Å². The van der Waals surface area contributed by atoms with E-state index in [4.69, 9.17) is 0 Å². The molecule has 0 saturated carbocycles. The van der Waals surface area contributed by atoms with Crippen LogP contribution in [0, 0.1) is 10.1 Å². The number of non-ortho nitro benzene ring substituents is 1. The number of rotatable bonds is 10. The van der Waals surface area contributed by atoms with Gasteiger partial charge in [-0.25, -0.2) is 12.9 Å². The van der Waals surface area contributed by atoms with E-state index in [0.717, 1.165) is 10.5 Å². The van der Waals surface area contributed by atoms with Crippen molar-refractivity contribution in [2.45, 2.75) is 11.8 Å². The fourth-order valence-electron chi connectivity index (χ4n) is 4.36. The number of pyridine rings is 1. The Bertz CT molecular complexity index is 1600. The molecule has 210 valence electrons. The second-order valence-electron chi connectivity index (χ2n) is 9.02. The largest absolute Gasteiger partial charge is 0.372 e. The van der Waals surface area contributed by atoms with Crippen molar-refractivity contribution in [2.24, 2.45) is 5.10 Å². The monoisotopic (exact) mass is 578 g/mol. The number of hydrogen-bond donors (Lipinski definition) is 0. The number of anilines is 2. The van der Waals surface area contributed by atoms with Crippen LogP contribution in [0.4, 0.5) is 17.1 Å². The van der Waals surface area contributed by atoms with Crippen molar-refractivity contribution < 1.29 is 21.8 Å². The van der Waals surface area contributed by atoms with Crippen molar-refractivity contribution in [3.8, 4) is 0 Å². The molecule has 0 N–H and O–H groups in total. The van der Waals surface area contributed by atoms with Crippen molar-refractivity contribution in [2.75, 3.05) is 61.9 Å². The molecule has 0 radical (unpaired) electrons. The van der Waals surface area contributed by atoms with E-state index in [9.17, 15) is 26.9 Å². The smallest absolute Gasteiger partial charge is 0.285 e. The molecule has 1 aliphatic rings. The van der Waals surface area contributed by atoms with Crippen LogP contribution >= 0.6 is 0 Å². The molecule has 1 saturated heterocycles. The van der Waals surface area contributed by atoms with Gasteiger partial charge in [-0.3, -0.25) is 15.0 Å². The second-order valence-corrected chi connectivity index (χ2v) is 12.7. The normalized spacial score (nSPS) is 15.7. The first kappa shape index (κ1) is 28.4. The first-order chi connectivity index (χ1) is 18.4. The average molecular weight is 579 g/mol. The summed E-state index contributed by atoms with van der Waals surface area (Å²) in [5.41, 5.74) is 0.573. The molecule has 0 aliphatic carbocycles. The SMILES string of the molecule is CC=NN(c1cnn2ccccc12)S(=O)(=O)c1cc([N+](=O)[O-])ccc1N(C)CCN1CCN(S(C)(=O)=O)CC1. The number of nitro groups is 1. The van der Waals surface area contributed by atoms with Gasteiger partial charge in [0.05, 0.1) is 28.6 Å². The zero-order valence-corrected chi connectivity index (χ0v) is 23.4. The third-order valence-corrected chi connectivity index (χ3v) is 9.39. The molecule has 0 bridgehead atoms. The predicted octanol–water partition coefficient (Wildman–Crippen LogP) is 1.46. The van der Waals surface area contributed by atoms with Crippen LogP contribution in [-0.4, -0.2) is 99.4 Å². The molecule has 0 spiro atoms. The maximum Gasteiger partial charge on any atom is 0.285 e. The number of benzene rings is 1. The van der Waals surface area contributed by atoms with Gasteiger partial charge in [-0.05, 0) is 25.1 Å². The zero-order valence-electron chi connectivity index (χ0n) is 21.8. The Morgan fingerprint density at radius 1 is 1.10 bits per heavy atom. The molecule has 0 unspecified atom stereocenters. The summed E-state index contributed by atoms with van der Waals surface area (Å²) in [5.74, 6) is 0. The Hall–Kier alpha value is -3.60. The number of nitro benzene ring substituents is 1. The van der Waals surface area contributed by atoms with E-state index < -0.39 is 25.0 Å². The number of piperazine rings is 1. The highest BCUT2D eigenvalue weighted by atomic mass is 32.2. The molecule has 14 nitrogen and oxygen atoms in total. The summed E-state index contributed by atoms with van der Waals surface area (Å²) < 4.78 is 55.4. The van der Waals surface area contributed by atoms with Crippen molar-refractivity contribution in [1.29, 1.82) is 0 Å². The van der Waals surface area contributed by atoms with Crippen LogP contribution in [0.5, 0.6) is 0 Å². The van der Waals surface area contributed by atoms with Gasteiger partial charge in [-0.15, -0.1) is 0 Å². The summed E-state index contributed by atoms with van der Waals surface area (Å²) in [6, 6.07) is 8.90. The van der Waals surface area contributed by atoms with Crippen LogP contribution in [0.1, 0.15) is 6.92 Å². The molecule has 1 aliphatic heterocycles. The highest BCUT2D eigenvalue weighted by molar-refractivity contribution is 7.93. The fourth-order valence-corrected chi connectivity index (χ4v) is 6.74. The van der Waals surface area contributed by atoms with Crippen LogP contribution < -0.4 is 9.31 Å². The Kier molecular flexibility index (Phi) is 8.20. The first-order valence-corrected chi connectivity index (χ1v) is 15.4. The van der Waals surface area contributed by atoms with E-state index >= 15 is 0 Å². The predicted molar refractivity (Wildman–Crippen MR) is 148 cm³/mol.